The van der Waals surface area contributed by atoms with Gasteiger partial charge < -0.3 is 10.1 Å². The fraction of sp³-hybridized carbons (Fsp3) is 0.385. The minimum absolute atomic E-state index is 0.238. The minimum Gasteiger partial charge on any atom is -0.406 e. The molecule has 4 rings (SSSR count). The summed E-state index contributed by atoms with van der Waals surface area (Å²) in [6.07, 6.45) is -7.34. The van der Waals surface area contributed by atoms with Gasteiger partial charge in [-0.3, -0.25) is 14.8 Å². The number of hydrogen-bond acceptors (Lipinski definition) is 4. The van der Waals surface area contributed by atoms with Crippen LogP contribution in [0.3, 0.4) is 0 Å². The number of alkyl halides is 6. The highest BCUT2D eigenvalue weighted by Gasteiger charge is 2.41. The summed E-state index contributed by atoms with van der Waals surface area (Å²) >= 11 is 0. The summed E-state index contributed by atoms with van der Waals surface area (Å²) in [4.78, 5) is 13.1. The van der Waals surface area contributed by atoms with Gasteiger partial charge in [0.1, 0.15) is 5.75 Å². The summed E-state index contributed by atoms with van der Waals surface area (Å²) in [5.41, 5.74) is 0.0968. The van der Waals surface area contributed by atoms with E-state index in [2.05, 4.69) is 20.5 Å². The Hall–Kier alpha value is -3.54. The summed E-state index contributed by atoms with van der Waals surface area (Å²) in [6.45, 7) is 5.88. The molecule has 0 aliphatic carbocycles. The van der Waals surface area contributed by atoms with Crippen molar-refractivity contribution in [2.45, 2.75) is 63.3 Å². The molecule has 1 aliphatic rings. The number of nitrogens with one attached hydrogen (secondary N) is 2. The first-order valence-corrected chi connectivity index (χ1v) is 11.8. The number of nitrogens with zero attached hydrogens (tertiary/aromatic N) is 2. The maximum atomic E-state index is 13.4. The van der Waals surface area contributed by atoms with Gasteiger partial charge in [0.15, 0.2) is 0 Å². The molecule has 0 spiro atoms. The van der Waals surface area contributed by atoms with Crippen molar-refractivity contribution in [3.63, 3.8) is 0 Å². The molecule has 3 aromatic rings. The number of carbonyl (C=O) groups is 1. The second-order valence-corrected chi connectivity index (χ2v) is 10.1. The molecule has 2 N–H and O–H groups in total. The molecule has 6 nitrogen and oxygen atoms in total. The Bertz CT molecular complexity index is 1280. The third-order valence-electron chi connectivity index (χ3n) is 6.19. The Morgan fingerprint density at radius 1 is 1.03 bits per heavy atom. The Balaban J connectivity index is 1.58. The summed E-state index contributed by atoms with van der Waals surface area (Å²) in [6, 6.07) is 9.95. The first-order chi connectivity index (χ1) is 17.6. The summed E-state index contributed by atoms with van der Waals surface area (Å²) < 4.78 is 83.0. The first kappa shape index (κ1) is 27.5. The second kappa shape index (κ2) is 9.97. The van der Waals surface area contributed by atoms with E-state index in [1.54, 1.807) is 23.0 Å². The SMILES string of the molecule is CC(C)(C)n1ccc([C@H]2C[C@@H](C(=O)Nc3ccc(OC(F)(F)F)cc3)N[C@H]2c2cccc(C(F)(F)F)c2)n1. The second-order valence-electron chi connectivity index (χ2n) is 10.1. The average Bonchev–Trinajstić information content (AvgIpc) is 3.46. The number of carbonyl (C=O) groups excluding carboxylic acids is 1. The van der Waals surface area contributed by atoms with E-state index in [0.29, 0.717) is 11.3 Å². The molecular formula is C26H26F6N4O2. The molecule has 12 heteroatoms. The average molecular weight is 541 g/mol. The van der Waals surface area contributed by atoms with E-state index in [1.807, 2.05) is 20.8 Å². The van der Waals surface area contributed by atoms with Crippen LogP contribution < -0.4 is 15.4 Å². The van der Waals surface area contributed by atoms with Crippen LogP contribution in [-0.4, -0.2) is 28.1 Å². The van der Waals surface area contributed by atoms with Gasteiger partial charge in [0.25, 0.3) is 0 Å². The molecule has 38 heavy (non-hydrogen) atoms. The molecule has 0 saturated carbocycles. The summed E-state index contributed by atoms with van der Waals surface area (Å²) in [5, 5.41) is 10.4. The monoisotopic (exact) mass is 540 g/mol. The van der Waals surface area contributed by atoms with Gasteiger partial charge >= 0.3 is 12.5 Å². The molecule has 1 amide bonds. The van der Waals surface area contributed by atoms with Crippen LogP contribution in [0.25, 0.3) is 0 Å². The van der Waals surface area contributed by atoms with Gasteiger partial charge in [-0.05, 0) is 75.2 Å². The number of hydrogen-bond donors (Lipinski definition) is 2. The van der Waals surface area contributed by atoms with Crippen LogP contribution in [0.2, 0.25) is 0 Å². The molecule has 0 unspecified atom stereocenters. The van der Waals surface area contributed by atoms with Crippen LogP contribution in [0.1, 0.15) is 56.0 Å². The van der Waals surface area contributed by atoms with Crippen molar-refractivity contribution in [2.75, 3.05) is 5.32 Å². The van der Waals surface area contributed by atoms with Gasteiger partial charge in [-0.1, -0.05) is 12.1 Å². The Morgan fingerprint density at radius 2 is 1.71 bits per heavy atom. The molecule has 2 aromatic carbocycles. The van der Waals surface area contributed by atoms with E-state index in [-0.39, 0.29) is 17.6 Å². The zero-order chi connectivity index (χ0) is 27.9. The molecule has 1 saturated heterocycles. The smallest absolute Gasteiger partial charge is 0.406 e. The third kappa shape index (κ3) is 6.47. The highest BCUT2D eigenvalue weighted by molar-refractivity contribution is 5.95. The predicted octanol–water partition coefficient (Wildman–Crippen LogP) is 6.38. The number of halogens is 6. The number of rotatable bonds is 5. The van der Waals surface area contributed by atoms with E-state index >= 15 is 0 Å². The highest BCUT2D eigenvalue weighted by atomic mass is 19.4. The number of ether oxygens (including phenoxy) is 1. The van der Waals surface area contributed by atoms with Crippen LogP contribution in [0.5, 0.6) is 5.75 Å². The van der Waals surface area contributed by atoms with E-state index in [0.717, 1.165) is 24.3 Å². The fourth-order valence-corrected chi connectivity index (χ4v) is 4.38. The summed E-state index contributed by atoms with van der Waals surface area (Å²) in [5.74, 6) is -1.33. The Kier molecular flexibility index (Phi) is 7.21. The Labute approximate surface area is 215 Å². The molecule has 1 fully saturated rings. The van der Waals surface area contributed by atoms with Crippen LogP contribution in [0, 0.1) is 0 Å². The topological polar surface area (TPSA) is 68.2 Å². The fourth-order valence-electron chi connectivity index (χ4n) is 4.38. The minimum atomic E-state index is -4.84. The van der Waals surface area contributed by atoms with Crippen molar-refractivity contribution >= 4 is 11.6 Å². The predicted molar refractivity (Wildman–Crippen MR) is 127 cm³/mol. The van der Waals surface area contributed by atoms with Gasteiger partial charge in [-0.25, -0.2) is 0 Å². The zero-order valence-corrected chi connectivity index (χ0v) is 20.7. The Morgan fingerprint density at radius 3 is 2.29 bits per heavy atom. The number of anilines is 1. The van der Waals surface area contributed by atoms with Crippen LogP contribution in [0.15, 0.2) is 60.8 Å². The lowest BCUT2D eigenvalue weighted by Crippen LogP contribution is -2.36. The van der Waals surface area contributed by atoms with E-state index in [4.69, 9.17) is 0 Å². The number of benzene rings is 2. The number of amides is 1. The van der Waals surface area contributed by atoms with Crippen molar-refractivity contribution < 1.29 is 35.9 Å². The number of aromatic nitrogens is 2. The molecule has 3 atom stereocenters. The maximum Gasteiger partial charge on any atom is 0.573 e. The molecular weight excluding hydrogens is 514 g/mol. The highest BCUT2D eigenvalue weighted by Crippen LogP contribution is 2.42. The van der Waals surface area contributed by atoms with Gasteiger partial charge in [-0.2, -0.15) is 18.3 Å². The lowest BCUT2D eigenvalue weighted by Gasteiger charge is -2.21. The van der Waals surface area contributed by atoms with Gasteiger partial charge in [0.2, 0.25) is 5.91 Å². The largest absolute Gasteiger partial charge is 0.573 e. The quantitative estimate of drug-likeness (QED) is 0.369. The lowest BCUT2D eigenvalue weighted by molar-refractivity contribution is -0.274. The van der Waals surface area contributed by atoms with Crippen molar-refractivity contribution in [2.24, 2.45) is 0 Å². The van der Waals surface area contributed by atoms with Crippen LogP contribution in [-0.2, 0) is 16.5 Å². The third-order valence-corrected chi connectivity index (χ3v) is 6.19. The van der Waals surface area contributed by atoms with Crippen LogP contribution in [0.4, 0.5) is 32.0 Å². The van der Waals surface area contributed by atoms with E-state index < -0.39 is 47.8 Å². The molecule has 0 bridgehead atoms. The molecule has 1 aromatic heterocycles. The van der Waals surface area contributed by atoms with Crippen LogP contribution >= 0.6 is 0 Å². The maximum absolute atomic E-state index is 13.4. The van der Waals surface area contributed by atoms with Gasteiger partial charge in [-0.15, -0.1) is 13.2 Å². The van der Waals surface area contributed by atoms with Gasteiger partial charge in [0, 0.05) is 23.8 Å². The standard InChI is InChI=1S/C26H26F6N4O2/c1-24(2,3)36-12-11-20(35-36)19-14-21(34-22(19)15-5-4-6-16(13-15)25(27,28)29)23(37)33-17-7-9-18(10-8-17)38-26(30,31)32/h4-13,19,21-22,34H,14H2,1-3H3,(H,33,37)/t19-,21+,22+/m1/s1. The normalized spacial score (nSPS) is 20.4. The van der Waals surface area contributed by atoms with Crippen molar-refractivity contribution in [3.8, 4) is 5.75 Å². The van der Waals surface area contributed by atoms with Crippen molar-refractivity contribution in [3.05, 3.63) is 77.6 Å². The lowest BCUT2D eigenvalue weighted by atomic mass is 9.90. The first-order valence-electron chi connectivity index (χ1n) is 11.8. The summed E-state index contributed by atoms with van der Waals surface area (Å²) in [7, 11) is 0. The molecule has 1 aliphatic heterocycles. The zero-order valence-electron chi connectivity index (χ0n) is 20.7. The molecule has 0 radical (unpaired) electrons. The van der Waals surface area contributed by atoms with E-state index in [1.165, 1.54) is 18.2 Å². The van der Waals surface area contributed by atoms with Crippen molar-refractivity contribution in [1.29, 1.82) is 0 Å². The van der Waals surface area contributed by atoms with E-state index in [9.17, 15) is 31.1 Å². The van der Waals surface area contributed by atoms with Gasteiger partial charge in [0.05, 0.1) is 22.8 Å². The molecule has 2 heterocycles. The van der Waals surface area contributed by atoms with Crippen molar-refractivity contribution in [1.82, 2.24) is 15.1 Å². The molecule has 204 valence electrons.